The summed E-state index contributed by atoms with van der Waals surface area (Å²) in [7, 11) is 0. The van der Waals surface area contributed by atoms with E-state index < -0.39 is 0 Å². The number of nitrogens with one attached hydrogen (secondary N) is 1. The van der Waals surface area contributed by atoms with Crippen molar-refractivity contribution in [1.82, 2.24) is 29.9 Å². The number of benzene rings is 1. The number of aryl methyl sites for hydroxylation is 4. The first-order chi connectivity index (χ1) is 14.9. The van der Waals surface area contributed by atoms with E-state index in [0.29, 0.717) is 24.4 Å². The van der Waals surface area contributed by atoms with Gasteiger partial charge in [0.25, 0.3) is 5.78 Å². The van der Waals surface area contributed by atoms with Crippen LogP contribution >= 0.6 is 0 Å². The third-order valence-electron chi connectivity index (χ3n) is 5.49. The average Bonchev–Trinajstić information content (AvgIpc) is 3.13. The highest BCUT2D eigenvalue weighted by atomic mass is 16.1. The van der Waals surface area contributed by atoms with Crippen LogP contribution in [0.5, 0.6) is 0 Å². The Kier molecular flexibility index (Phi) is 5.75. The third-order valence-corrected chi connectivity index (χ3v) is 5.49. The largest absolute Gasteiger partial charge is 0.345 e. The minimum Gasteiger partial charge on any atom is -0.345 e. The number of rotatable bonds is 6. The molecule has 0 radical (unpaired) electrons. The number of carbonyl (C=O) groups is 1. The van der Waals surface area contributed by atoms with Gasteiger partial charge in [-0.15, -0.1) is 0 Å². The fourth-order valence-corrected chi connectivity index (χ4v) is 3.81. The van der Waals surface area contributed by atoms with Crippen molar-refractivity contribution in [1.29, 1.82) is 0 Å². The van der Waals surface area contributed by atoms with Crippen molar-refractivity contribution in [3.8, 4) is 0 Å². The molecule has 31 heavy (non-hydrogen) atoms. The minimum absolute atomic E-state index is 0.0249. The van der Waals surface area contributed by atoms with Gasteiger partial charge in [0, 0.05) is 30.2 Å². The fraction of sp³-hybridized carbons (Fsp3) is 0.292. The van der Waals surface area contributed by atoms with Gasteiger partial charge in [0.2, 0.25) is 5.91 Å². The van der Waals surface area contributed by atoms with Crippen LogP contribution in [0.4, 0.5) is 0 Å². The summed E-state index contributed by atoms with van der Waals surface area (Å²) in [5, 5.41) is 7.60. The molecule has 3 aromatic heterocycles. The second-order valence-electron chi connectivity index (χ2n) is 7.83. The zero-order valence-electron chi connectivity index (χ0n) is 18.3. The molecule has 0 unspecified atom stereocenters. The van der Waals surface area contributed by atoms with Crippen molar-refractivity contribution < 1.29 is 4.79 Å². The zero-order valence-corrected chi connectivity index (χ0v) is 18.3. The highest BCUT2D eigenvalue weighted by Crippen LogP contribution is 2.22. The Morgan fingerprint density at radius 2 is 1.81 bits per heavy atom. The van der Waals surface area contributed by atoms with Gasteiger partial charge in [-0.3, -0.25) is 9.78 Å². The highest BCUT2D eigenvalue weighted by Gasteiger charge is 2.18. The van der Waals surface area contributed by atoms with Crippen molar-refractivity contribution in [3.05, 3.63) is 88.3 Å². The van der Waals surface area contributed by atoms with Gasteiger partial charge < -0.3 is 5.32 Å². The van der Waals surface area contributed by atoms with E-state index in [0.717, 1.165) is 28.1 Å². The van der Waals surface area contributed by atoms with Crippen LogP contribution in [-0.4, -0.2) is 30.5 Å². The maximum atomic E-state index is 12.9. The van der Waals surface area contributed by atoms with Crippen LogP contribution in [0.3, 0.4) is 0 Å². The van der Waals surface area contributed by atoms with Crippen molar-refractivity contribution >= 4 is 11.7 Å². The third kappa shape index (κ3) is 4.45. The van der Waals surface area contributed by atoms with Crippen molar-refractivity contribution in [2.75, 3.05) is 0 Å². The van der Waals surface area contributed by atoms with E-state index in [1.165, 1.54) is 5.56 Å². The Hall–Kier alpha value is -3.61. The van der Waals surface area contributed by atoms with E-state index in [4.69, 9.17) is 0 Å². The Morgan fingerprint density at radius 1 is 1.03 bits per heavy atom. The summed E-state index contributed by atoms with van der Waals surface area (Å²) in [6, 6.07) is 11.8. The summed E-state index contributed by atoms with van der Waals surface area (Å²) in [5.41, 5.74) is 6.04. The van der Waals surface area contributed by atoms with Gasteiger partial charge >= 0.3 is 0 Å². The SMILES string of the molecule is Cc1ccc([C@H](NC(=O)CCc2c(C)nc3nc(C)nn3c2C)c2cccnc2)cc1. The molecule has 0 spiro atoms. The van der Waals surface area contributed by atoms with E-state index in [-0.39, 0.29) is 11.9 Å². The summed E-state index contributed by atoms with van der Waals surface area (Å²) in [4.78, 5) is 26.1. The van der Waals surface area contributed by atoms with Crippen molar-refractivity contribution in [2.24, 2.45) is 0 Å². The van der Waals surface area contributed by atoms with Crippen LogP contribution in [0.25, 0.3) is 5.78 Å². The Balaban J connectivity index is 1.53. The van der Waals surface area contributed by atoms with E-state index in [1.807, 2.05) is 52.0 Å². The van der Waals surface area contributed by atoms with Gasteiger partial charge in [-0.05, 0) is 56.9 Å². The van der Waals surface area contributed by atoms with Crippen molar-refractivity contribution in [3.63, 3.8) is 0 Å². The number of aromatic nitrogens is 5. The molecule has 0 bridgehead atoms. The van der Waals surface area contributed by atoms with Crippen LogP contribution in [0, 0.1) is 27.7 Å². The lowest BCUT2D eigenvalue weighted by Gasteiger charge is -2.20. The molecule has 4 rings (SSSR count). The predicted molar refractivity (Wildman–Crippen MR) is 119 cm³/mol. The van der Waals surface area contributed by atoms with Gasteiger partial charge in [-0.2, -0.15) is 10.1 Å². The molecular formula is C24H26N6O. The summed E-state index contributed by atoms with van der Waals surface area (Å²) in [6.45, 7) is 7.84. The van der Waals surface area contributed by atoms with Gasteiger partial charge in [-0.25, -0.2) is 9.50 Å². The minimum atomic E-state index is -0.248. The van der Waals surface area contributed by atoms with Crippen LogP contribution < -0.4 is 5.32 Å². The van der Waals surface area contributed by atoms with Crippen LogP contribution in [0.2, 0.25) is 0 Å². The lowest BCUT2D eigenvalue weighted by molar-refractivity contribution is -0.121. The maximum Gasteiger partial charge on any atom is 0.252 e. The molecule has 7 heteroatoms. The summed E-state index contributed by atoms with van der Waals surface area (Å²) >= 11 is 0. The first kappa shape index (κ1) is 20.7. The molecule has 0 aliphatic rings. The molecule has 158 valence electrons. The summed E-state index contributed by atoms with van der Waals surface area (Å²) < 4.78 is 1.75. The van der Waals surface area contributed by atoms with Crippen LogP contribution in [0.1, 0.15) is 51.9 Å². The van der Waals surface area contributed by atoms with Gasteiger partial charge in [-0.1, -0.05) is 35.9 Å². The van der Waals surface area contributed by atoms with Gasteiger partial charge in [0.05, 0.1) is 6.04 Å². The fourth-order valence-electron chi connectivity index (χ4n) is 3.81. The molecular weight excluding hydrogens is 388 g/mol. The van der Waals surface area contributed by atoms with Crippen LogP contribution in [-0.2, 0) is 11.2 Å². The quantitative estimate of drug-likeness (QED) is 0.521. The molecule has 0 saturated heterocycles. The van der Waals surface area contributed by atoms with E-state index >= 15 is 0 Å². The molecule has 1 aromatic carbocycles. The zero-order chi connectivity index (χ0) is 22.0. The lowest BCUT2D eigenvalue weighted by atomic mass is 9.98. The summed E-state index contributed by atoms with van der Waals surface area (Å²) in [5.74, 6) is 1.25. The Labute approximate surface area is 181 Å². The number of hydrogen-bond acceptors (Lipinski definition) is 5. The topological polar surface area (TPSA) is 85.1 Å². The molecule has 7 nitrogen and oxygen atoms in total. The van der Waals surface area contributed by atoms with Crippen LogP contribution in [0.15, 0.2) is 48.8 Å². The standard InChI is InChI=1S/C24H26N6O/c1-15-7-9-19(10-8-15)23(20-6-5-13-25-14-20)28-22(31)12-11-21-16(2)26-24-27-18(4)29-30(24)17(21)3/h5-10,13-14,23H,11-12H2,1-4H3,(H,28,31)/t23-/m0/s1. The molecule has 1 N–H and O–H groups in total. The molecule has 1 amide bonds. The number of amides is 1. The molecule has 0 saturated carbocycles. The van der Waals surface area contributed by atoms with Gasteiger partial charge in [0.15, 0.2) is 0 Å². The normalized spacial score (nSPS) is 12.1. The number of pyridine rings is 1. The van der Waals surface area contributed by atoms with E-state index in [2.05, 4.69) is 37.5 Å². The second-order valence-corrected chi connectivity index (χ2v) is 7.83. The number of carbonyl (C=O) groups excluding carboxylic acids is 1. The Morgan fingerprint density at radius 3 is 2.52 bits per heavy atom. The molecule has 0 aliphatic carbocycles. The average molecular weight is 415 g/mol. The predicted octanol–water partition coefficient (Wildman–Crippen LogP) is 3.59. The van der Waals surface area contributed by atoms with E-state index in [9.17, 15) is 4.79 Å². The first-order valence-electron chi connectivity index (χ1n) is 10.4. The second kappa shape index (κ2) is 8.63. The maximum absolute atomic E-state index is 12.9. The lowest BCUT2D eigenvalue weighted by Crippen LogP contribution is -2.29. The molecule has 1 atom stereocenters. The van der Waals surface area contributed by atoms with E-state index in [1.54, 1.807) is 16.9 Å². The highest BCUT2D eigenvalue weighted by molar-refractivity contribution is 5.77. The molecule has 0 fully saturated rings. The molecule has 0 aliphatic heterocycles. The molecule has 3 heterocycles. The Bertz CT molecular complexity index is 1210. The first-order valence-corrected chi connectivity index (χ1v) is 10.4. The number of nitrogens with zero attached hydrogens (tertiary/aromatic N) is 5. The monoisotopic (exact) mass is 414 g/mol. The molecule has 4 aromatic rings. The number of fused-ring (bicyclic) bond motifs is 1. The summed E-state index contributed by atoms with van der Waals surface area (Å²) in [6.07, 6.45) is 4.46. The van der Waals surface area contributed by atoms with Gasteiger partial charge in [0.1, 0.15) is 5.82 Å². The smallest absolute Gasteiger partial charge is 0.252 e. The van der Waals surface area contributed by atoms with Crippen molar-refractivity contribution in [2.45, 2.75) is 46.6 Å². The number of hydrogen-bond donors (Lipinski definition) is 1.